The van der Waals surface area contributed by atoms with E-state index in [4.69, 9.17) is 9.47 Å². The third-order valence-corrected chi connectivity index (χ3v) is 4.21. The molecule has 0 amide bonds. The summed E-state index contributed by atoms with van der Waals surface area (Å²) in [6.07, 6.45) is 1.53. The Hall–Kier alpha value is -4.01. The third kappa shape index (κ3) is 5.53. The lowest BCUT2D eigenvalue weighted by Gasteiger charge is -2.15. The second-order valence-electron chi connectivity index (χ2n) is 7.63. The summed E-state index contributed by atoms with van der Waals surface area (Å²) in [6.45, 7) is 5.65. The minimum Gasteiger partial charge on any atom is -0.496 e. The molecule has 0 fully saturated rings. The maximum Gasteiger partial charge on any atom is 0.347 e. The molecule has 0 unspecified atom stereocenters. The molecule has 0 saturated carbocycles. The fourth-order valence-corrected chi connectivity index (χ4v) is 2.64. The van der Waals surface area contributed by atoms with Crippen LogP contribution in [0, 0.1) is 0 Å². The zero-order chi connectivity index (χ0) is 22.4. The van der Waals surface area contributed by atoms with Crippen molar-refractivity contribution in [3.8, 4) is 11.5 Å². The first kappa shape index (κ1) is 21.7. The topological polar surface area (TPSA) is 119 Å². The lowest BCUT2D eigenvalue weighted by Crippen LogP contribution is -2.28. The number of H-pyrrole nitrogens is 1. The van der Waals surface area contributed by atoms with Crippen molar-refractivity contribution in [3.05, 3.63) is 75.7 Å². The van der Waals surface area contributed by atoms with E-state index in [0.717, 1.165) is 5.56 Å². The summed E-state index contributed by atoms with van der Waals surface area (Å²) in [5, 5.41) is 11.9. The number of benzene rings is 2. The molecule has 31 heavy (non-hydrogen) atoms. The van der Waals surface area contributed by atoms with E-state index < -0.39 is 11.4 Å². The molecule has 0 saturated heterocycles. The van der Waals surface area contributed by atoms with Gasteiger partial charge in [0.25, 0.3) is 5.56 Å². The standard InChI is InChI=1S/C22H23N5O4/c1-22(2,3)18-19(28)24-21(27-25-18)26-23-13-14-9-11-15(12-10-14)31-20(29)16-7-5-6-8-17(16)30-4/h5-13H,1-4H3,(H2,24,26,27,28)/b23-13-. The molecule has 0 bridgehead atoms. The van der Waals surface area contributed by atoms with E-state index in [1.54, 1.807) is 48.5 Å². The lowest BCUT2D eigenvalue weighted by molar-refractivity contribution is 0.0731. The van der Waals surface area contributed by atoms with Crippen LogP contribution in [0.25, 0.3) is 0 Å². The monoisotopic (exact) mass is 421 g/mol. The van der Waals surface area contributed by atoms with Gasteiger partial charge in [0.05, 0.1) is 13.3 Å². The lowest BCUT2D eigenvalue weighted by atomic mass is 9.93. The van der Waals surface area contributed by atoms with Gasteiger partial charge >= 0.3 is 5.97 Å². The number of carbonyl (C=O) groups is 1. The molecular weight excluding hydrogens is 398 g/mol. The van der Waals surface area contributed by atoms with Crippen LogP contribution >= 0.6 is 0 Å². The van der Waals surface area contributed by atoms with E-state index in [1.165, 1.54) is 13.3 Å². The molecule has 1 aromatic heterocycles. The first-order valence-electron chi connectivity index (χ1n) is 9.50. The van der Waals surface area contributed by atoms with E-state index in [0.29, 0.717) is 22.8 Å². The number of aromatic nitrogens is 3. The summed E-state index contributed by atoms with van der Waals surface area (Å²) < 4.78 is 10.6. The summed E-state index contributed by atoms with van der Waals surface area (Å²) >= 11 is 0. The number of nitrogens with zero attached hydrogens (tertiary/aromatic N) is 3. The van der Waals surface area contributed by atoms with Crippen molar-refractivity contribution >= 4 is 18.1 Å². The summed E-state index contributed by atoms with van der Waals surface area (Å²) in [4.78, 5) is 27.0. The second-order valence-corrected chi connectivity index (χ2v) is 7.63. The molecule has 9 heteroatoms. The first-order valence-corrected chi connectivity index (χ1v) is 9.50. The maximum atomic E-state index is 12.3. The highest BCUT2D eigenvalue weighted by atomic mass is 16.5. The van der Waals surface area contributed by atoms with Gasteiger partial charge in [-0.25, -0.2) is 10.2 Å². The van der Waals surface area contributed by atoms with Crippen molar-refractivity contribution in [2.75, 3.05) is 12.5 Å². The predicted molar refractivity (Wildman–Crippen MR) is 117 cm³/mol. The number of anilines is 1. The number of aromatic amines is 1. The zero-order valence-electron chi connectivity index (χ0n) is 17.7. The Kier molecular flexibility index (Phi) is 6.44. The SMILES string of the molecule is COc1ccccc1C(=O)Oc1ccc(/C=N\Nc2nnc(C(C)(C)C)c(=O)[nH]2)cc1. The number of ether oxygens (including phenoxy) is 2. The van der Waals surface area contributed by atoms with Gasteiger partial charge in [0.2, 0.25) is 5.95 Å². The second kappa shape index (κ2) is 9.21. The number of methoxy groups -OCH3 is 1. The van der Waals surface area contributed by atoms with E-state index in [-0.39, 0.29) is 11.5 Å². The van der Waals surface area contributed by atoms with Crippen LogP contribution in [0.3, 0.4) is 0 Å². The van der Waals surface area contributed by atoms with Gasteiger partial charge in [-0.1, -0.05) is 32.9 Å². The van der Waals surface area contributed by atoms with E-state index >= 15 is 0 Å². The highest BCUT2D eigenvalue weighted by Crippen LogP contribution is 2.20. The van der Waals surface area contributed by atoms with Crippen molar-refractivity contribution in [1.29, 1.82) is 0 Å². The normalized spacial score (nSPS) is 11.4. The smallest absolute Gasteiger partial charge is 0.347 e. The zero-order valence-corrected chi connectivity index (χ0v) is 17.7. The number of esters is 1. The number of nitrogens with one attached hydrogen (secondary N) is 2. The van der Waals surface area contributed by atoms with Crippen molar-refractivity contribution in [2.45, 2.75) is 26.2 Å². The van der Waals surface area contributed by atoms with Crippen LogP contribution in [0.5, 0.6) is 11.5 Å². The molecule has 160 valence electrons. The fourth-order valence-electron chi connectivity index (χ4n) is 2.64. The Bertz CT molecular complexity index is 1150. The highest BCUT2D eigenvalue weighted by molar-refractivity contribution is 5.94. The number of hydrogen-bond acceptors (Lipinski definition) is 8. The van der Waals surface area contributed by atoms with Gasteiger partial charge in [0.15, 0.2) is 0 Å². The predicted octanol–water partition coefficient (Wildman–Crippen LogP) is 3.14. The first-order chi connectivity index (χ1) is 14.8. The van der Waals surface area contributed by atoms with Crippen LogP contribution in [-0.2, 0) is 5.41 Å². The van der Waals surface area contributed by atoms with Crippen LogP contribution in [0.1, 0.15) is 42.4 Å². The average molecular weight is 421 g/mol. The molecule has 9 nitrogen and oxygen atoms in total. The molecule has 0 spiro atoms. The van der Waals surface area contributed by atoms with Gasteiger partial charge in [-0.3, -0.25) is 9.78 Å². The molecule has 3 rings (SSSR count). The number of carbonyl (C=O) groups excluding carboxylic acids is 1. The molecule has 0 aliphatic carbocycles. The highest BCUT2D eigenvalue weighted by Gasteiger charge is 2.20. The molecule has 0 radical (unpaired) electrons. The van der Waals surface area contributed by atoms with Crippen LogP contribution in [0.15, 0.2) is 58.4 Å². The van der Waals surface area contributed by atoms with Crippen LogP contribution in [0.4, 0.5) is 5.95 Å². The van der Waals surface area contributed by atoms with Crippen LogP contribution in [0.2, 0.25) is 0 Å². The molecule has 3 aromatic rings. The molecule has 2 N–H and O–H groups in total. The Morgan fingerprint density at radius 2 is 1.81 bits per heavy atom. The number of rotatable bonds is 6. The number of hydrogen-bond donors (Lipinski definition) is 2. The molecule has 1 heterocycles. The molecular formula is C22H23N5O4. The van der Waals surface area contributed by atoms with Gasteiger partial charge in [-0.15, -0.1) is 10.2 Å². The van der Waals surface area contributed by atoms with E-state index in [2.05, 4.69) is 25.7 Å². The van der Waals surface area contributed by atoms with Crippen molar-refractivity contribution in [1.82, 2.24) is 15.2 Å². The van der Waals surface area contributed by atoms with Gasteiger partial charge in [0.1, 0.15) is 22.8 Å². The summed E-state index contributed by atoms with van der Waals surface area (Å²) in [6, 6.07) is 13.6. The molecule has 0 atom stereocenters. The number of para-hydroxylation sites is 1. The van der Waals surface area contributed by atoms with Gasteiger partial charge in [0, 0.05) is 5.41 Å². The minimum absolute atomic E-state index is 0.136. The molecule has 2 aromatic carbocycles. The largest absolute Gasteiger partial charge is 0.496 e. The number of hydrazone groups is 1. The summed E-state index contributed by atoms with van der Waals surface area (Å²) in [5.41, 5.74) is 3.34. The van der Waals surface area contributed by atoms with Crippen molar-refractivity contribution < 1.29 is 14.3 Å². The van der Waals surface area contributed by atoms with E-state index in [9.17, 15) is 9.59 Å². The minimum atomic E-state index is -0.512. The van der Waals surface area contributed by atoms with Crippen LogP contribution in [-0.4, -0.2) is 34.5 Å². The van der Waals surface area contributed by atoms with Gasteiger partial charge < -0.3 is 9.47 Å². The van der Waals surface area contributed by atoms with Crippen LogP contribution < -0.4 is 20.5 Å². The Balaban J connectivity index is 1.62. The summed E-state index contributed by atoms with van der Waals surface area (Å²) in [5.74, 6) is 0.450. The Morgan fingerprint density at radius 1 is 1.10 bits per heavy atom. The van der Waals surface area contributed by atoms with Crippen molar-refractivity contribution in [2.24, 2.45) is 5.10 Å². The summed E-state index contributed by atoms with van der Waals surface area (Å²) in [7, 11) is 1.49. The van der Waals surface area contributed by atoms with Crippen molar-refractivity contribution in [3.63, 3.8) is 0 Å². The molecule has 0 aliphatic heterocycles. The Morgan fingerprint density at radius 3 is 2.45 bits per heavy atom. The molecule has 0 aliphatic rings. The van der Waals surface area contributed by atoms with Gasteiger partial charge in [-0.2, -0.15) is 5.10 Å². The Labute approximate surface area is 179 Å². The average Bonchev–Trinajstić information content (AvgIpc) is 2.74. The maximum absolute atomic E-state index is 12.3. The fraction of sp³-hybridized carbons (Fsp3) is 0.227. The quantitative estimate of drug-likeness (QED) is 0.272. The van der Waals surface area contributed by atoms with E-state index in [1.807, 2.05) is 20.8 Å². The third-order valence-electron chi connectivity index (χ3n) is 4.21. The van der Waals surface area contributed by atoms with Gasteiger partial charge in [-0.05, 0) is 42.0 Å².